The van der Waals surface area contributed by atoms with Crippen LogP contribution in [0.25, 0.3) is 97.0 Å². The molecule has 24 aromatic carbocycles. The molecule has 24 aromatic rings. The van der Waals surface area contributed by atoms with E-state index in [1.807, 2.05) is 42.5 Å². The lowest BCUT2D eigenvalue weighted by molar-refractivity contribution is 0.475. The van der Waals surface area contributed by atoms with Crippen LogP contribution in [0.4, 0.5) is 107 Å². The highest BCUT2D eigenvalue weighted by molar-refractivity contribution is 6.90. The Morgan fingerprint density at radius 3 is 0.662 bits per heavy atom. The quantitative estimate of drug-likeness (QED) is 0.0590. The summed E-state index contributed by atoms with van der Waals surface area (Å²) in [7, 11) is -1.83. The van der Waals surface area contributed by atoms with Crippen molar-refractivity contribution in [2.24, 2.45) is 0 Å². The highest BCUT2D eigenvalue weighted by Gasteiger charge is 2.40. The SMILES string of the molecule is CC1(C)CCc2cc(N(c3ccccc3)c3ccccc3)c3ccc4c(C#N)cc(N(c5ccccc5)c5ccccc5)c5cc1c2c3c45.CC1(C)CCc2cc(N(c3ccccc3)c3ccccc3)c3ccc4c(F)cc(N(c5ccccc5)c5ccccc5)c5cc1c2c3c45.CC1(C)CCc2cc(N(c3ccccc3)c3ccccc3)c3ccc4c([Si](C)(C)C)cc(N(c5ccccc5)c5ccccc5)c5cc1c2c3c54. The number of nitriles is 1. The molecular formula is C139H114FN7Si. The Morgan fingerprint density at radius 2 is 0.419 bits per heavy atom. The van der Waals surface area contributed by atoms with E-state index in [0.29, 0.717) is 10.9 Å². The number of hydrogen-bond donors (Lipinski definition) is 0. The van der Waals surface area contributed by atoms with Gasteiger partial charge in [-0.25, -0.2) is 4.39 Å². The molecule has 0 aromatic heterocycles. The first-order valence-corrected chi connectivity index (χ1v) is 55.7. The highest BCUT2D eigenvalue weighted by atomic mass is 28.3. The zero-order valence-electron chi connectivity index (χ0n) is 85.1. The average Bonchev–Trinajstić information content (AvgIpc) is 0.702. The van der Waals surface area contributed by atoms with Crippen LogP contribution in [0.2, 0.25) is 19.6 Å². The molecule has 27 rings (SSSR count). The third-order valence-electron chi connectivity index (χ3n) is 31.9. The number of aryl methyl sites for hydroxylation is 3. The number of benzene rings is 24. The summed E-state index contributed by atoms with van der Waals surface area (Å²) in [6.45, 7) is 21.9. The third-order valence-corrected chi connectivity index (χ3v) is 33.9. The normalized spacial score (nSPS) is 13.7. The van der Waals surface area contributed by atoms with Gasteiger partial charge >= 0.3 is 0 Å². The first-order valence-electron chi connectivity index (χ1n) is 52.2. The molecule has 0 radical (unpaired) electrons. The van der Waals surface area contributed by atoms with Crippen molar-refractivity contribution in [2.75, 3.05) is 29.4 Å². The van der Waals surface area contributed by atoms with Crippen LogP contribution in [-0.4, -0.2) is 8.07 Å². The van der Waals surface area contributed by atoms with Crippen LogP contribution in [0.5, 0.6) is 0 Å². The summed E-state index contributed by atoms with van der Waals surface area (Å²) in [5, 5.41) is 33.9. The van der Waals surface area contributed by atoms with Gasteiger partial charge in [-0.2, -0.15) is 5.26 Å². The largest absolute Gasteiger partial charge is 0.310 e. The van der Waals surface area contributed by atoms with Gasteiger partial charge in [0.2, 0.25) is 0 Å². The molecule has 0 unspecified atom stereocenters. The number of rotatable bonds is 19. The van der Waals surface area contributed by atoms with Crippen molar-refractivity contribution in [3.63, 3.8) is 0 Å². The predicted octanol–water partition coefficient (Wildman–Crippen LogP) is 38.8. The van der Waals surface area contributed by atoms with Crippen LogP contribution in [0, 0.1) is 17.1 Å². The summed E-state index contributed by atoms with van der Waals surface area (Å²) in [6.07, 6.45) is 6.24. The lowest BCUT2D eigenvalue weighted by Crippen LogP contribution is -2.38. The Balaban J connectivity index is 0.000000115. The molecule has 148 heavy (non-hydrogen) atoms. The molecule has 0 amide bonds. The number of para-hydroxylation sites is 12. The molecular weight excluding hydrogens is 1810 g/mol. The number of halogens is 1. The maximum Gasteiger partial charge on any atom is 0.133 e. The second-order valence-electron chi connectivity index (χ2n) is 43.3. The van der Waals surface area contributed by atoms with E-state index in [2.05, 4.69) is 503 Å². The monoisotopic (exact) mass is 1930 g/mol. The molecule has 9 heteroatoms. The molecule has 0 aliphatic heterocycles. The fourth-order valence-electron chi connectivity index (χ4n) is 24.6. The minimum Gasteiger partial charge on any atom is -0.310 e. The van der Waals surface area contributed by atoms with E-state index < -0.39 is 8.07 Å². The Kier molecular flexibility index (Phi) is 22.9. The fourth-order valence-corrected chi connectivity index (χ4v) is 26.2. The maximum atomic E-state index is 16.7. The van der Waals surface area contributed by atoms with Crippen LogP contribution >= 0.6 is 0 Å². The van der Waals surface area contributed by atoms with Crippen molar-refractivity contribution >= 4 is 213 Å². The van der Waals surface area contributed by atoms with E-state index in [1.165, 1.54) is 132 Å². The minimum absolute atomic E-state index is 0.0185. The van der Waals surface area contributed by atoms with Crippen LogP contribution in [0.15, 0.2) is 455 Å². The van der Waals surface area contributed by atoms with Gasteiger partial charge in [-0.3, -0.25) is 0 Å². The molecule has 3 aliphatic rings. The van der Waals surface area contributed by atoms with Crippen molar-refractivity contribution in [1.82, 2.24) is 0 Å². The smallest absolute Gasteiger partial charge is 0.133 e. The van der Waals surface area contributed by atoms with Gasteiger partial charge in [0.15, 0.2) is 0 Å². The zero-order valence-corrected chi connectivity index (χ0v) is 86.1. The number of hydrogen-bond acceptors (Lipinski definition) is 7. The molecule has 3 aliphatic carbocycles. The summed E-state index contributed by atoms with van der Waals surface area (Å²) >= 11 is 0. The van der Waals surface area contributed by atoms with Crippen LogP contribution in [-0.2, 0) is 35.5 Å². The highest BCUT2D eigenvalue weighted by Crippen LogP contribution is 2.60. The Labute approximate surface area is 867 Å². The zero-order chi connectivity index (χ0) is 100. The van der Waals surface area contributed by atoms with Crippen LogP contribution < -0.4 is 34.6 Å². The summed E-state index contributed by atoms with van der Waals surface area (Å²) in [5.41, 5.74) is 28.8. The second-order valence-corrected chi connectivity index (χ2v) is 48.3. The lowest BCUT2D eigenvalue weighted by Gasteiger charge is -2.37. The van der Waals surface area contributed by atoms with Gasteiger partial charge in [0.25, 0.3) is 0 Å². The van der Waals surface area contributed by atoms with E-state index in [-0.39, 0.29) is 22.1 Å². The standard InChI is InChI=1S/C48H44N2Si.C46H35N3.C45H35FN2/c1-48(2)29-28-33-30-42(49(34-18-10-6-11-19-34)35-20-12-7-13-21-35)38-26-27-39-44(51(3,4)5)32-43(40-31-41(48)45(33)47(38)46(39)40)50(36-22-14-8-15-23-36)37-24-16-9-17-25-37;1-46(2)26-25-31-27-41(48(33-15-7-3-8-16-33)34-17-9-4-10-18-34)38-24-23-37-32(30-47)28-42(39-29-40(46)43(31)45(38)44(37)39)49(35-19-11-5-12-20-35)36-21-13-6-14-22-36;1-45(2)26-25-30-27-40(47(31-15-7-3-8-16-31)32-17-9-4-10-18-32)36-24-23-35-39(46)29-41(37-28-38(45)42(30)44(36)43(35)37)48(33-19-11-5-12-20-33)34-21-13-6-14-22-34/h6-27,30-32H,28-29H2,1-5H3;3-24,27-29H,25-26H2,1-2H3;3-24,27-29H,25-26H2,1-2H3. The fraction of sp³-hybridized carbons (Fsp3) is 0.129. The van der Waals surface area contributed by atoms with E-state index in [9.17, 15) is 5.26 Å². The average molecular weight is 1930 g/mol. The first kappa shape index (κ1) is 92.0. The summed E-state index contributed by atoms with van der Waals surface area (Å²) in [4.78, 5) is 14.3. The van der Waals surface area contributed by atoms with Crippen molar-refractivity contribution in [1.29, 1.82) is 5.26 Å². The van der Waals surface area contributed by atoms with E-state index in [0.717, 1.165) is 139 Å². The molecule has 0 saturated carbocycles. The predicted molar refractivity (Wildman–Crippen MR) is 630 cm³/mol. The van der Waals surface area contributed by atoms with Crippen molar-refractivity contribution in [3.05, 3.63) is 500 Å². The molecule has 0 heterocycles. The maximum absolute atomic E-state index is 16.7. The van der Waals surface area contributed by atoms with Gasteiger partial charge in [-0.1, -0.05) is 321 Å². The van der Waals surface area contributed by atoms with Gasteiger partial charge in [-0.05, 0) is 315 Å². The molecule has 0 bridgehead atoms. The van der Waals surface area contributed by atoms with Crippen molar-refractivity contribution < 1.29 is 4.39 Å². The topological polar surface area (TPSA) is 43.2 Å². The van der Waals surface area contributed by atoms with Crippen molar-refractivity contribution in [3.8, 4) is 6.07 Å². The summed E-state index contributed by atoms with van der Waals surface area (Å²) < 4.78 is 16.7. The third kappa shape index (κ3) is 15.7. The van der Waals surface area contributed by atoms with Gasteiger partial charge in [0.1, 0.15) is 5.82 Å². The van der Waals surface area contributed by atoms with E-state index in [1.54, 1.807) is 6.07 Å². The number of anilines is 18. The molecule has 0 saturated heterocycles. The molecule has 716 valence electrons. The van der Waals surface area contributed by atoms with Crippen LogP contribution in [0.3, 0.4) is 0 Å². The van der Waals surface area contributed by atoms with Gasteiger partial charge < -0.3 is 29.4 Å². The molecule has 0 N–H and O–H groups in total. The van der Waals surface area contributed by atoms with Crippen molar-refractivity contribution in [2.45, 2.75) is 116 Å². The Bertz CT molecular complexity index is 8910. The molecule has 0 fully saturated rings. The minimum atomic E-state index is -1.83. The van der Waals surface area contributed by atoms with Gasteiger partial charge in [0, 0.05) is 138 Å². The first-order chi connectivity index (χ1) is 72.2. The Hall–Kier alpha value is -17.2. The number of nitrogens with zero attached hydrogens (tertiary/aromatic N) is 7. The molecule has 7 nitrogen and oxygen atoms in total. The molecule has 0 spiro atoms. The van der Waals surface area contributed by atoms with Crippen LogP contribution in [0.1, 0.15) is 99.7 Å². The summed E-state index contributed by atoms with van der Waals surface area (Å²) in [5.74, 6) is -0.212. The van der Waals surface area contributed by atoms with Gasteiger partial charge in [-0.15, -0.1) is 0 Å². The van der Waals surface area contributed by atoms with Gasteiger partial charge in [0.05, 0.1) is 53.8 Å². The Morgan fingerprint density at radius 1 is 0.216 bits per heavy atom. The lowest BCUT2D eigenvalue weighted by atomic mass is 9.70. The van der Waals surface area contributed by atoms with E-state index >= 15 is 4.39 Å². The summed E-state index contributed by atoms with van der Waals surface area (Å²) in [6, 6.07) is 165. The second kappa shape index (κ2) is 36.8. The van der Waals surface area contributed by atoms with E-state index in [4.69, 9.17) is 0 Å². The molecule has 0 atom stereocenters.